The fourth-order valence-corrected chi connectivity index (χ4v) is 5.85. The second kappa shape index (κ2) is 10.0. The SMILES string of the molecule is C[C@@H](NC(=O)COc1nc(CN2CCCCC2)nc2scc(-c3cccs3)c12)c1ccco1. The molecule has 5 rings (SSSR count). The molecule has 0 aromatic carbocycles. The number of thiophene rings is 2. The summed E-state index contributed by atoms with van der Waals surface area (Å²) < 4.78 is 11.4. The normalized spacial score (nSPS) is 15.5. The molecule has 0 spiro atoms. The number of hydrogen-bond donors (Lipinski definition) is 1. The smallest absolute Gasteiger partial charge is 0.258 e. The van der Waals surface area contributed by atoms with Gasteiger partial charge in [0, 0.05) is 15.8 Å². The molecule has 172 valence electrons. The largest absolute Gasteiger partial charge is 0.467 e. The molecule has 33 heavy (non-hydrogen) atoms. The van der Waals surface area contributed by atoms with Crippen LogP contribution in [0.5, 0.6) is 5.88 Å². The van der Waals surface area contributed by atoms with E-state index in [1.165, 1.54) is 19.3 Å². The highest BCUT2D eigenvalue weighted by Gasteiger charge is 2.20. The van der Waals surface area contributed by atoms with Gasteiger partial charge in [-0.05, 0) is 56.4 Å². The summed E-state index contributed by atoms with van der Waals surface area (Å²) in [4.78, 5) is 26.6. The van der Waals surface area contributed by atoms with E-state index < -0.39 is 0 Å². The highest BCUT2D eigenvalue weighted by molar-refractivity contribution is 7.18. The van der Waals surface area contributed by atoms with Crippen molar-refractivity contribution in [3.63, 3.8) is 0 Å². The standard InChI is InChI=1S/C24H26N4O3S2/c1-16(18-7-5-11-30-18)25-21(29)14-31-23-22-17(19-8-6-12-32-19)15-33-24(22)27-20(26-23)13-28-9-3-2-4-10-28/h5-8,11-12,15-16H,2-4,9-10,13-14H2,1H3,(H,25,29)/t16-/m1/s1. The Balaban J connectivity index is 1.39. The average Bonchev–Trinajstić information content (AvgIpc) is 3.59. The van der Waals surface area contributed by atoms with Crippen LogP contribution in [0.4, 0.5) is 0 Å². The van der Waals surface area contributed by atoms with Crippen molar-refractivity contribution in [1.82, 2.24) is 20.2 Å². The van der Waals surface area contributed by atoms with E-state index in [0.29, 0.717) is 18.2 Å². The van der Waals surface area contributed by atoms with Gasteiger partial charge in [-0.25, -0.2) is 4.98 Å². The van der Waals surface area contributed by atoms with Crippen LogP contribution in [-0.2, 0) is 11.3 Å². The lowest BCUT2D eigenvalue weighted by Crippen LogP contribution is -2.31. The Morgan fingerprint density at radius 3 is 2.85 bits per heavy atom. The molecule has 0 unspecified atom stereocenters. The number of likely N-dealkylation sites (tertiary alicyclic amines) is 1. The van der Waals surface area contributed by atoms with Gasteiger partial charge < -0.3 is 14.5 Å². The third kappa shape index (κ3) is 5.10. The molecule has 0 radical (unpaired) electrons. The molecule has 1 saturated heterocycles. The number of ether oxygens (including phenoxy) is 1. The van der Waals surface area contributed by atoms with E-state index in [-0.39, 0.29) is 18.6 Å². The molecule has 0 bridgehead atoms. The zero-order valence-electron chi connectivity index (χ0n) is 18.5. The predicted molar refractivity (Wildman–Crippen MR) is 131 cm³/mol. The monoisotopic (exact) mass is 482 g/mol. The first kappa shape index (κ1) is 22.1. The molecule has 1 N–H and O–H groups in total. The number of rotatable bonds is 8. The lowest BCUT2D eigenvalue weighted by atomic mass is 10.1. The molecule has 1 aliphatic heterocycles. The van der Waals surface area contributed by atoms with Gasteiger partial charge in [-0.3, -0.25) is 9.69 Å². The van der Waals surface area contributed by atoms with Gasteiger partial charge in [0.05, 0.1) is 24.2 Å². The quantitative estimate of drug-likeness (QED) is 0.369. The van der Waals surface area contributed by atoms with Gasteiger partial charge in [0.25, 0.3) is 5.91 Å². The van der Waals surface area contributed by atoms with E-state index in [0.717, 1.165) is 39.6 Å². The van der Waals surface area contributed by atoms with E-state index in [9.17, 15) is 4.79 Å². The van der Waals surface area contributed by atoms with Crippen molar-refractivity contribution >= 4 is 38.8 Å². The molecule has 1 fully saturated rings. The summed E-state index contributed by atoms with van der Waals surface area (Å²) >= 11 is 3.26. The summed E-state index contributed by atoms with van der Waals surface area (Å²) in [5.41, 5.74) is 1.05. The van der Waals surface area contributed by atoms with E-state index in [4.69, 9.17) is 19.1 Å². The number of furan rings is 1. The third-order valence-corrected chi connectivity index (χ3v) is 7.51. The Morgan fingerprint density at radius 2 is 2.09 bits per heavy atom. The fourth-order valence-electron chi connectivity index (χ4n) is 4.08. The van der Waals surface area contributed by atoms with Gasteiger partial charge in [0.15, 0.2) is 6.61 Å². The Labute approximate surface area is 200 Å². The molecular formula is C24H26N4O3S2. The maximum atomic E-state index is 12.6. The molecule has 5 heterocycles. The topological polar surface area (TPSA) is 80.5 Å². The second-order valence-corrected chi connectivity index (χ2v) is 9.99. The Morgan fingerprint density at radius 1 is 1.21 bits per heavy atom. The minimum absolute atomic E-state index is 0.125. The van der Waals surface area contributed by atoms with Crippen LogP contribution in [0, 0.1) is 0 Å². The van der Waals surface area contributed by atoms with Gasteiger partial charge in [0.1, 0.15) is 16.4 Å². The molecule has 0 aliphatic carbocycles. The average molecular weight is 483 g/mol. The van der Waals surface area contributed by atoms with Crippen LogP contribution in [0.1, 0.15) is 43.8 Å². The van der Waals surface area contributed by atoms with Crippen molar-refractivity contribution in [2.45, 2.75) is 38.8 Å². The number of nitrogens with one attached hydrogen (secondary N) is 1. The minimum atomic E-state index is -0.237. The highest BCUT2D eigenvalue weighted by atomic mass is 32.1. The van der Waals surface area contributed by atoms with E-state index in [1.807, 2.05) is 19.1 Å². The van der Waals surface area contributed by atoms with Crippen molar-refractivity contribution in [2.24, 2.45) is 0 Å². The van der Waals surface area contributed by atoms with Gasteiger partial charge in [-0.1, -0.05) is 12.5 Å². The lowest BCUT2D eigenvalue weighted by molar-refractivity contribution is -0.123. The van der Waals surface area contributed by atoms with Crippen LogP contribution in [0.25, 0.3) is 20.7 Å². The van der Waals surface area contributed by atoms with Gasteiger partial charge in [0.2, 0.25) is 5.88 Å². The Hall–Kier alpha value is -2.75. The summed E-state index contributed by atoms with van der Waals surface area (Å²) in [6, 6.07) is 7.51. The second-order valence-electron chi connectivity index (χ2n) is 8.18. The summed E-state index contributed by atoms with van der Waals surface area (Å²) in [5, 5.41) is 7.93. The maximum absolute atomic E-state index is 12.6. The van der Waals surface area contributed by atoms with Gasteiger partial charge >= 0.3 is 0 Å². The van der Waals surface area contributed by atoms with Crippen LogP contribution in [0.15, 0.2) is 45.7 Å². The molecule has 4 aromatic heterocycles. The molecular weight excluding hydrogens is 456 g/mol. The van der Waals surface area contributed by atoms with Crippen molar-refractivity contribution in [3.05, 3.63) is 52.9 Å². The van der Waals surface area contributed by atoms with Crippen molar-refractivity contribution < 1.29 is 13.9 Å². The molecule has 1 atom stereocenters. The molecule has 7 nitrogen and oxygen atoms in total. The number of hydrogen-bond acceptors (Lipinski definition) is 8. The summed E-state index contributed by atoms with van der Waals surface area (Å²) in [7, 11) is 0. The zero-order chi connectivity index (χ0) is 22.6. The Kier molecular flexibility index (Phi) is 6.70. The molecule has 9 heteroatoms. The zero-order valence-corrected chi connectivity index (χ0v) is 20.1. The Bertz CT molecular complexity index is 1200. The van der Waals surface area contributed by atoms with Crippen molar-refractivity contribution in [1.29, 1.82) is 0 Å². The first-order chi connectivity index (χ1) is 16.2. The maximum Gasteiger partial charge on any atom is 0.258 e. The first-order valence-electron chi connectivity index (χ1n) is 11.2. The molecule has 1 amide bonds. The van der Waals surface area contributed by atoms with E-state index >= 15 is 0 Å². The van der Waals surface area contributed by atoms with E-state index in [2.05, 4.69) is 27.0 Å². The number of amides is 1. The number of nitrogens with zero attached hydrogens (tertiary/aromatic N) is 3. The van der Waals surface area contributed by atoms with Crippen LogP contribution in [0.3, 0.4) is 0 Å². The third-order valence-electron chi connectivity index (χ3n) is 5.73. The molecule has 0 saturated carbocycles. The van der Waals surface area contributed by atoms with Crippen LogP contribution >= 0.6 is 22.7 Å². The fraction of sp³-hybridized carbons (Fsp3) is 0.375. The number of carbonyl (C=O) groups is 1. The highest BCUT2D eigenvalue weighted by Crippen LogP contribution is 2.40. The van der Waals surface area contributed by atoms with Crippen LogP contribution in [0.2, 0.25) is 0 Å². The summed E-state index contributed by atoms with van der Waals surface area (Å²) in [6.45, 7) is 4.58. The summed E-state index contributed by atoms with van der Waals surface area (Å²) in [6.07, 6.45) is 5.30. The first-order valence-corrected chi connectivity index (χ1v) is 12.9. The van der Waals surface area contributed by atoms with Crippen LogP contribution < -0.4 is 10.1 Å². The van der Waals surface area contributed by atoms with Crippen molar-refractivity contribution in [2.75, 3.05) is 19.7 Å². The number of fused-ring (bicyclic) bond motifs is 1. The van der Waals surface area contributed by atoms with Gasteiger partial charge in [-0.2, -0.15) is 4.98 Å². The number of piperidine rings is 1. The number of aromatic nitrogens is 2. The predicted octanol–water partition coefficient (Wildman–Crippen LogP) is 5.25. The van der Waals surface area contributed by atoms with Crippen molar-refractivity contribution in [3.8, 4) is 16.3 Å². The number of carbonyl (C=O) groups excluding carboxylic acids is 1. The van der Waals surface area contributed by atoms with Gasteiger partial charge in [-0.15, -0.1) is 22.7 Å². The minimum Gasteiger partial charge on any atom is -0.467 e. The van der Waals surface area contributed by atoms with E-state index in [1.54, 1.807) is 35.0 Å². The molecule has 4 aromatic rings. The lowest BCUT2D eigenvalue weighted by Gasteiger charge is -2.25. The molecule has 1 aliphatic rings. The van der Waals surface area contributed by atoms with Crippen LogP contribution in [-0.4, -0.2) is 40.5 Å². The summed E-state index contributed by atoms with van der Waals surface area (Å²) in [5.74, 6) is 1.69.